The van der Waals surface area contributed by atoms with Gasteiger partial charge in [0.2, 0.25) is 0 Å². The Bertz CT molecular complexity index is 469. The van der Waals surface area contributed by atoms with Crippen LogP contribution in [0.1, 0.15) is 35.7 Å². The van der Waals surface area contributed by atoms with E-state index in [0.717, 1.165) is 13.1 Å². The third-order valence-corrected chi connectivity index (χ3v) is 3.60. The van der Waals surface area contributed by atoms with Crippen LogP contribution in [-0.4, -0.2) is 36.5 Å². The summed E-state index contributed by atoms with van der Waals surface area (Å²) in [6.07, 6.45) is 2.52. The number of nitriles is 1. The molecule has 0 radical (unpaired) electrons. The van der Waals surface area contributed by atoms with Crippen LogP contribution in [0.4, 0.5) is 0 Å². The predicted octanol–water partition coefficient (Wildman–Crippen LogP) is 1.77. The standard InChI is InChI=1S/C15H19N3O/c1-12(18-8-2-3-9-18)11-17-15(19)14-6-4-13(10-16)5-7-14/h4-7,12H,2-3,8-9,11H2,1H3,(H,17,19)/t12-/m0/s1. The molecule has 0 spiro atoms. The van der Waals surface area contributed by atoms with E-state index in [2.05, 4.69) is 17.1 Å². The number of benzene rings is 1. The Balaban J connectivity index is 1.84. The van der Waals surface area contributed by atoms with Gasteiger partial charge in [-0.15, -0.1) is 0 Å². The summed E-state index contributed by atoms with van der Waals surface area (Å²) < 4.78 is 0. The number of rotatable bonds is 4. The molecule has 1 heterocycles. The molecule has 19 heavy (non-hydrogen) atoms. The van der Waals surface area contributed by atoms with Gasteiger partial charge in [0.1, 0.15) is 0 Å². The Morgan fingerprint density at radius 3 is 2.58 bits per heavy atom. The maximum atomic E-state index is 12.0. The first kappa shape index (κ1) is 13.6. The van der Waals surface area contributed by atoms with Crippen molar-refractivity contribution in [2.75, 3.05) is 19.6 Å². The maximum absolute atomic E-state index is 12.0. The van der Waals surface area contributed by atoms with Gasteiger partial charge >= 0.3 is 0 Å². The fourth-order valence-electron chi connectivity index (χ4n) is 2.35. The monoisotopic (exact) mass is 257 g/mol. The molecule has 1 aliphatic rings. The van der Waals surface area contributed by atoms with Crippen molar-refractivity contribution in [1.82, 2.24) is 10.2 Å². The average molecular weight is 257 g/mol. The fourth-order valence-corrected chi connectivity index (χ4v) is 2.35. The number of amides is 1. The Labute approximate surface area is 114 Å². The van der Waals surface area contributed by atoms with E-state index < -0.39 is 0 Å². The molecule has 1 saturated heterocycles. The molecule has 1 fully saturated rings. The van der Waals surface area contributed by atoms with Crippen molar-refractivity contribution in [3.8, 4) is 6.07 Å². The molecular formula is C15H19N3O. The lowest BCUT2D eigenvalue weighted by molar-refractivity contribution is 0.0940. The van der Waals surface area contributed by atoms with E-state index in [-0.39, 0.29) is 5.91 Å². The Kier molecular flexibility index (Phi) is 4.53. The van der Waals surface area contributed by atoms with Crippen molar-refractivity contribution in [3.63, 3.8) is 0 Å². The van der Waals surface area contributed by atoms with Gasteiger partial charge in [-0.2, -0.15) is 5.26 Å². The first-order chi connectivity index (χ1) is 9.20. The molecular weight excluding hydrogens is 238 g/mol. The van der Waals surface area contributed by atoms with Crippen LogP contribution in [0, 0.1) is 11.3 Å². The van der Waals surface area contributed by atoms with Gasteiger partial charge in [-0.1, -0.05) is 0 Å². The third-order valence-electron chi connectivity index (χ3n) is 3.60. The summed E-state index contributed by atoms with van der Waals surface area (Å²) in [5.74, 6) is -0.0736. The van der Waals surface area contributed by atoms with Gasteiger partial charge in [0, 0.05) is 18.2 Å². The van der Waals surface area contributed by atoms with E-state index in [9.17, 15) is 4.79 Å². The lowest BCUT2D eigenvalue weighted by Gasteiger charge is -2.23. The van der Waals surface area contributed by atoms with Gasteiger partial charge in [-0.25, -0.2) is 0 Å². The van der Waals surface area contributed by atoms with Crippen molar-refractivity contribution in [2.45, 2.75) is 25.8 Å². The summed E-state index contributed by atoms with van der Waals surface area (Å²) in [7, 11) is 0. The zero-order chi connectivity index (χ0) is 13.7. The highest BCUT2D eigenvalue weighted by molar-refractivity contribution is 5.94. The van der Waals surface area contributed by atoms with E-state index >= 15 is 0 Å². The number of carbonyl (C=O) groups excluding carboxylic acids is 1. The molecule has 0 unspecified atom stereocenters. The SMILES string of the molecule is C[C@@H](CNC(=O)c1ccc(C#N)cc1)N1CCCC1. The van der Waals surface area contributed by atoms with Gasteiger partial charge in [0.25, 0.3) is 5.91 Å². The second-order valence-corrected chi connectivity index (χ2v) is 4.99. The number of carbonyl (C=O) groups is 1. The lowest BCUT2D eigenvalue weighted by atomic mass is 10.1. The van der Waals surface area contributed by atoms with Crippen LogP contribution in [0.2, 0.25) is 0 Å². The first-order valence-corrected chi connectivity index (χ1v) is 6.73. The van der Waals surface area contributed by atoms with Gasteiger partial charge in [-0.3, -0.25) is 9.69 Å². The third kappa shape index (κ3) is 3.55. The molecule has 100 valence electrons. The van der Waals surface area contributed by atoms with E-state index in [0.29, 0.717) is 23.7 Å². The molecule has 0 saturated carbocycles. The summed E-state index contributed by atoms with van der Waals surface area (Å²) in [5.41, 5.74) is 1.18. The number of likely N-dealkylation sites (tertiary alicyclic amines) is 1. The first-order valence-electron chi connectivity index (χ1n) is 6.73. The zero-order valence-corrected chi connectivity index (χ0v) is 11.2. The largest absolute Gasteiger partial charge is 0.350 e. The van der Waals surface area contributed by atoms with Crippen molar-refractivity contribution < 1.29 is 4.79 Å². The highest BCUT2D eigenvalue weighted by Crippen LogP contribution is 2.11. The summed E-state index contributed by atoms with van der Waals surface area (Å²) in [4.78, 5) is 14.4. The highest BCUT2D eigenvalue weighted by Gasteiger charge is 2.18. The number of hydrogen-bond acceptors (Lipinski definition) is 3. The van der Waals surface area contributed by atoms with Crippen LogP contribution in [0.25, 0.3) is 0 Å². The van der Waals surface area contributed by atoms with E-state index in [4.69, 9.17) is 5.26 Å². The van der Waals surface area contributed by atoms with Gasteiger partial charge in [0.05, 0.1) is 11.6 Å². The molecule has 1 aliphatic heterocycles. The normalized spacial score (nSPS) is 16.8. The highest BCUT2D eigenvalue weighted by atomic mass is 16.1. The van der Waals surface area contributed by atoms with Crippen molar-refractivity contribution >= 4 is 5.91 Å². The van der Waals surface area contributed by atoms with Crippen LogP contribution in [-0.2, 0) is 0 Å². The van der Waals surface area contributed by atoms with Crippen molar-refractivity contribution in [1.29, 1.82) is 5.26 Å². The fraction of sp³-hybridized carbons (Fsp3) is 0.467. The number of hydrogen-bond donors (Lipinski definition) is 1. The minimum Gasteiger partial charge on any atom is -0.350 e. The molecule has 1 aromatic carbocycles. The van der Waals surface area contributed by atoms with Crippen molar-refractivity contribution in [3.05, 3.63) is 35.4 Å². The predicted molar refractivity (Wildman–Crippen MR) is 73.8 cm³/mol. The molecule has 1 atom stereocenters. The molecule has 0 bridgehead atoms. The molecule has 1 aromatic rings. The Hall–Kier alpha value is -1.86. The molecule has 0 aromatic heterocycles. The van der Waals surface area contributed by atoms with Crippen LogP contribution in [0.15, 0.2) is 24.3 Å². The van der Waals surface area contributed by atoms with Crippen LogP contribution in [0.3, 0.4) is 0 Å². The Morgan fingerprint density at radius 1 is 1.37 bits per heavy atom. The quantitative estimate of drug-likeness (QED) is 0.894. The average Bonchev–Trinajstić information content (AvgIpc) is 2.98. The lowest BCUT2D eigenvalue weighted by Crippen LogP contribution is -2.40. The molecule has 4 nitrogen and oxygen atoms in total. The molecule has 0 aliphatic carbocycles. The number of nitrogens with one attached hydrogen (secondary N) is 1. The van der Waals surface area contributed by atoms with Crippen LogP contribution in [0.5, 0.6) is 0 Å². The van der Waals surface area contributed by atoms with Gasteiger partial charge in [-0.05, 0) is 57.1 Å². The minimum absolute atomic E-state index is 0.0736. The Morgan fingerprint density at radius 2 is 2.00 bits per heavy atom. The maximum Gasteiger partial charge on any atom is 0.251 e. The summed E-state index contributed by atoms with van der Waals surface area (Å²) in [6, 6.07) is 9.13. The second kappa shape index (κ2) is 6.35. The van der Waals surface area contributed by atoms with Gasteiger partial charge in [0.15, 0.2) is 0 Å². The topological polar surface area (TPSA) is 56.1 Å². The van der Waals surface area contributed by atoms with E-state index in [1.807, 2.05) is 6.07 Å². The van der Waals surface area contributed by atoms with Crippen LogP contribution < -0.4 is 5.32 Å². The minimum atomic E-state index is -0.0736. The summed E-state index contributed by atoms with van der Waals surface area (Å²) >= 11 is 0. The van der Waals surface area contributed by atoms with Gasteiger partial charge < -0.3 is 5.32 Å². The van der Waals surface area contributed by atoms with E-state index in [1.54, 1.807) is 24.3 Å². The number of nitrogens with zero attached hydrogens (tertiary/aromatic N) is 2. The molecule has 4 heteroatoms. The van der Waals surface area contributed by atoms with Crippen molar-refractivity contribution in [2.24, 2.45) is 0 Å². The molecule has 1 N–H and O–H groups in total. The smallest absolute Gasteiger partial charge is 0.251 e. The zero-order valence-electron chi connectivity index (χ0n) is 11.2. The van der Waals surface area contributed by atoms with Crippen LogP contribution >= 0.6 is 0 Å². The molecule has 1 amide bonds. The summed E-state index contributed by atoms with van der Waals surface area (Å²) in [5, 5.41) is 11.7. The second-order valence-electron chi connectivity index (χ2n) is 4.99. The summed E-state index contributed by atoms with van der Waals surface area (Å²) in [6.45, 7) is 5.07. The molecule has 2 rings (SSSR count). The van der Waals surface area contributed by atoms with E-state index in [1.165, 1.54) is 12.8 Å².